The molecule has 3 aromatic rings. The zero-order chi connectivity index (χ0) is 30.4. The van der Waals surface area contributed by atoms with E-state index >= 15 is 0 Å². The fourth-order valence-corrected chi connectivity index (χ4v) is 3.96. The van der Waals surface area contributed by atoms with Crippen LogP contribution in [-0.4, -0.2) is 31.3 Å². The molecule has 42 heavy (non-hydrogen) atoms. The monoisotopic (exact) mass is 584 g/mol. The van der Waals surface area contributed by atoms with Gasteiger partial charge in [-0.1, -0.05) is 31.0 Å². The number of hydrogen-bond acceptors (Lipinski definition) is 7. The molecule has 0 unspecified atom stereocenters. The second-order valence-corrected chi connectivity index (χ2v) is 9.67. The van der Waals surface area contributed by atoms with E-state index in [9.17, 15) is 22.8 Å². The first kappa shape index (κ1) is 32.0. The summed E-state index contributed by atoms with van der Waals surface area (Å²) in [7, 11) is 0. The summed E-state index contributed by atoms with van der Waals surface area (Å²) in [5, 5.41) is 0. The molecule has 0 radical (unpaired) electrons. The molecular formula is C32H35F3N2O5. The topological polar surface area (TPSA) is 114 Å². The van der Waals surface area contributed by atoms with Gasteiger partial charge in [0.1, 0.15) is 11.5 Å². The predicted molar refractivity (Wildman–Crippen MR) is 156 cm³/mol. The molecule has 7 nitrogen and oxygen atoms in total. The van der Waals surface area contributed by atoms with E-state index in [2.05, 4.69) is 0 Å². The van der Waals surface area contributed by atoms with Gasteiger partial charge in [-0.05, 0) is 91.4 Å². The Hall–Kier alpha value is -4.47. The Balaban J connectivity index is 1.31. The molecule has 0 saturated carbocycles. The van der Waals surface area contributed by atoms with Crippen molar-refractivity contribution in [2.24, 2.45) is 0 Å². The number of halogens is 3. The lowest BCUT2D eigenvalue weighted by Crippen LogP contribution is -2.10. The van der Waals surface area contributed by atoms with Gasteiger partial charge < -0.3 is 25.7 Å². The largest absolute Gasteiger partial charge is 0.494 e. The van der Waals surface area contributed by atoms with Crippen molar-refractivity contribution < 1.29 is 37.0 Å². The van der Waals surface area contributed by atoms with Gasteiger partial charge in [-0.25, -0.2) is 9.59 Å². The number of rotatable bonds is 15. The summed E-state index contributed by atoms with van der Waals surface area (Å²) in [6, 6.07) is 18.1. The lowest BCUT2D eigenvalue weighted by atomic mass is 10.0. The molecular weight excluding hydrogens is 549 g/mol. The summed E-state index contributed by atoms with van der Waals surface area (Å²) in [6.45, 7) is 0.262. The molecule has 10 heteroatoms. The number of ether oxygens (including phenoxy) is 3. The number of alkyl halides is 3. The normalized spacial score (nSPS) is 11.4. The van der Waals surface area contributed by atoms with Gasteiger partial charge in [0.2, 0.25) is 0 Å². The minimum Gasteiger partial charge on any atom is -0.494 e. The van der Waals surface area contributed by atoms with Gasteiger partial charge in [0, 0.05) is 23.9 Å². The van der Waals surface area contributed by atoms with Gasteiger partial charge in [-0.15, -0.1) is 0 Å². The number of carbonyl (C=O) groups is 2. The van der Waals surface area contributed by atoms with E-state index in [1.807, 2.05) is 12.1 Å². The maximum atomic E-state index is 12.4. The molecule has 4 N–H and O–H groups in total. The van der Waals surface area contributed by atoms with Crippen molar-refractivity contribution in [3.63, 3.8) is 0 Å². The Labute approximate surface area is 243 Å². The number of benzene rings is 3. The average Bonchev–Trinajstić information content (AvgIpc) is 2.95. The molecule has 0 aliphatic carbocycles. The molecule has 3 aromatic carbocycles. The number of nitrogens with two attached hydrogens (primary N) is 2. The molecule has 3 rings (SSSR count). The molecule has 0 fully saturated rings. The van der Waals surface area contributed by atoms with Crippen LogP contribution in [0.25, 0.3) is 6.08 Å². The van der Waals surface area contributed by atoms with Crippen molar-refractivity contribution in [1.29, 1.82) is 0 Å². The molecule has 0 aliphatic heterocycles. The van der Waals surface area contributed by atoms with Gasteiger partial charge in [0.25, 0.3) is 0 Å². The summed E-state index contributed by atoms with van der Waals surface area (Å²) in [5.74, 6) is -0.362. The van der Waals surface area contributed by atoms with Gasteiger partial charge >= 0.3 is 18.1 Å². The van der Waals surface area contributed by atoms with E-state index in [1.54, 1.807) is 36.4 Å². The predicted octanol–water partition coefficient (Wildman–Crippen LogP) is 7.15. The second-order valence-electron chi connectivity index (χ2n) is 9.67. The van der Waals surface area contributed by atoms with Crippen LogP contribution in [0.15, 0.2) is 72.8 Å². The second kappa shape index (κ2) is 16.1. The van der Waals surface area contributed by atoms with Crippen LogP contribution in [0.5, 0.6) is 11.5 Å². The smallest absolute Gasteiger partial charge is 0.389 e. The SMILES string of the molecule is Nc1ccc(CCCCCCOC(=O)C=Cc2ccc(OC(=O)c3ccc(OCCCC(F)(F)F)cc3)cc2)c(N)c1. The van der Waals surface area contributed by atoms with Crippen LogP contribution in [0.3, 0.4) is 0 Å². The van der Waals surface area contributed by atoms with Crippen LogP contribution in [-0.2, 0) is 16.0 Å². The summed E-state index contributed by atoms with van der Waals surface area (Å²) < 4.78 is 52.5. The van der Waals surface area contributed by atoms with Crippen LogP contribution in [0.4, 0.5) is 24.5 Å². The minimum atomic E-state index is -4.21. The number of aryl methyl sites for hydroxylation is 1. The highest BCUT2D eigenvalue weighted by molar-refractivity contribution is 5.91. The molecule has 0 saturated heterocycles. The molecule has 224 valence electrons. The van der Waals surface area contributed by atoms with Crippen molar-refractivity contribution in [2.45, 2.75) is 51.1 Å². The van der Waals surface area contributed by atoms with Gasteiger partial charge in [-0.3, -0.25) is 0 Å². The molecule has 0 bridgehead atoms. The fourth-order valence-electron chi connectivity index (χ4n) is 3.96. The fraction of sp³-hybridized carbons (Fsp3) is 0.312. The molecule has 0 spiro atoms. The van der Waals surface area contributed by atoms with Crippen molar-refractivity contribution in [3.05, 3.63) is 89.5 Å². The number of unbranched alkanes of at least 4 members (excludes halogenated alkanes) is 3. The quantitative estimate of drug-likeness (QED) is 0.0641. The van der Waals surface area contributed by atoms with E-state index in [-0.39, 0.29) is 18.6 Å². The van der Waals surface area contributed by atoms with Gasteiger partial charge in [0.05, 0.1) is 18.8 Å². The Kier molecular flexibility index (Phi) is 12.3. The molecule has 0 aliphatic rings. The van der Waals surface area contributed by atoms with Crippen LogP contribution < -0.4 is 20.9 Å². The molecule has 0 atom stereocenters. The van der Waals surface area contributed by atoms with E-state index in [1.165, 1.54) is 30.3 Å². The van der Waals surface area contributed by atoms with Crippen molar-refractivity contribution >= 4 is 29.4 Å². The number of esters is 2. The molecule has 0 aromatic heterocycles. The zero-order valence-electron chi connectivity index (χ0n) is 23.2. The van der Waals surface area contributed by atoms with Crippen molar-refractivity contribution in [2.75, 3.05) is 24.7 Å². The Morgan fingerprint density at radius 2 is 1.48 bits per heavy atom. The zero-order valence-corrected chi connectivity index (χ0v) is 23.2. The van der Waals surface area contributed by atoms with Crippen LogP contribution in [0.1, 0.15) is 60.0 Å². The van der Waals surface area contributed by atoms with E-state index in [0.29, 0.717) is 29.5 Å². The third-order valence-electron chi connectivity index (χ3n) is 6.22. The van der Waals surface area contributed by atoms with Crippen molar-refractivity contribution in [1.82, 2.24) is 0 Å². The summed E-state index contributed by atoms with van der Waals surface area (Å²) >= 11 is 0. The maximum absolute atomic E-state index is 12.4. The number of anilines is 2. The average molecular weight is 585 g/mol. The van der Waals surface area contributed by atoms with Gasteiger partial charge in [0.15, 0.2) is 0 Å². The molecule has 0 heterocycles. The van der Waals surface area contributed by atoms with E-state index in [0.717, 1.165) is 43.2 Å². The highest BCUT2D eigenvalue weighted by Crippen LogP contribution is 2.22. The Morgan fingerprint density at radius 1 is 0.786 bits per heavy atom. The minimum absolute atomic E-state index is 0.0784. The summed E-state index contributed by atoms with van der Waals surface area (Å²) in [4.78, 5) is 24.4. The van der Waals surface area contributed by atoms with E-state index < -0.39 is 24.5 Å². The number of carbonyl (C=O) groups excluding carboxylic acids is 2. The number of hydrogen-bond donors (Lipinski definition) is 2. The first-order valence-corrected chi connectivity index (χ1v) is 13.7. The van der Waals surface area contributed by atoms with Crippen LogP contribution in [0, 0.1) is 0 Å². The summed E-state index contributed by atoms with van der Waals surface area (Å²) in [6.07, 6.45) is 2.26. The Morgan fingerprint density at radius 3 is 2.17 bits per heavy atom. The van der Waals surface area contributed by atoms with E-state index in [4.69, 9.17) is 25.7 Å². The van der Waals surface area contributed by atoms with Crippen molar-refractivity contribution in [3.8, 4) is 11.5 Å². The standard InChI is InChI=1S/C32H35F3N2O5/c33-32(34,35)19-5-21-40-27-16-11-25(12-17-27)31(39)42-28-14-7-23(8-15-28)9-18-30(38)41-20-4-2-1-3-6-24-10-13-26(36)22-29(24)37/h7-18,22H,1-6,19-21,36-37H2. The number of nitrogen functional groups attached to an aromatic ring is 2. The maximum Gasteiger partial charge on any atom is 0.389 e. The lowest BCUT2D eigenvalue weighted by molar-refractivity contribution is -0.138. The third kappa shape index (κ3) is 12.0. The lowest BCUT2D eigenvalue weighted by Gasteiger charge is -2.09. The van der Waals surface area contributed by atoms with Crippen LogP contribution >= 0.6 is 0 Å². The molecule has 0 amide bonds. The van der Waals surface area contributed by atoms with Gasteiger partial charge in [-0.2, -0.15) is 13.2 Å². The highest BCUT2D eigenvalue weighted by atomic mass is 19.4. The van der Waals surface area contributed by atoms with Crippen LogP contribution in [0.2, 0.25) is 0 Å². The first-order chi connectivity index (χ1) is 20.1. The Bertz CT molecular complexity index is 1320. The highest BCUT2D eigenvalue weighted by Gasteiger charge is 2.26. The first-order valence-electron chi connectivity index (χ1n) is 13.7. The summed E-state index contributed by atoms with van der Waals surface area (Å²) in [5.41, 5.74) is 15.1. The third-order valence-corrected chi connectivity index (χ3v) is 6.22.